The predicted molar refractivity (Wildman–Crippen MR) is 128 cm³/mol. The first-order valence-corrected chi connectivity index (χ1v) is 11.8. The number of carbonyl (C=O) groups excluding carboxylic acids is 2. The second-order valence-corrected chi connectivity index (χ2v) is 9.81. The lowest BCUT2D eigenvalue weighted by Crippen LogP contribution is -2.52. The summed E-state index contributed by atoms with van der Waals surface area (Å²) < 4.78 is 68.7. The Morgan fingerprint density at radius 2 is 1.84 bits per heavy atom. The Hall–Kier alpha value is -4.09. The van der Waals surface area contributed by atoms with E-state index >= 15 is 4.39 Å². The third kappa shape index (κ3) is 3.95. The van der Waals surface area contributed by atoms with Crippen molar-refractivity contribution in [1.82, 2.24) is 9.97 Å². The van der Waals surface area contributed by atoms with Crippen LogP contribution in [0.4, 0.5) is 39.1 Å². The number of rotatable bonds is 5. The number of aromatic nitrogens is 2. The van der Waals surface area contributed by atoms with Gasteiger partial charge >= 0.3 is 0 Å². The Morgan fingerprint density at radius 3 is 2.50 bits per heavy atom. The highest BCUT2D eigenvalue weighted by Crippen LogP contribution is 2.65. The Balaban J connectivity index is 1.32. The fourth-order valence-electron chi connectivity index (χ4n) is 5.09. The standard InChI is InChI=1S/C26H20F5N5O2/c27-23(28)14-3-5-15(6-4-14)33-20(37)10-36-18-9-19(35-12-25(13-35)11-26(25,30)31)34-24(29)22(18)16-2-1-7-32-17(16)8-21(36)38/h1-7,9,23H,8,10-13H2,(H,33,37). The monoisotopic (exact) mass is 529 g/mol. The van der Waals surface area contributed by atoms with Gasteiger partial charge in [-0.15, -0.1) is 0 Å². The molecule has 38 heavy (non-hydrogen) atoms. The van der Waals surface area contributed by atoms with Crippen molar-refractivity contribution in [2.45, 2.75) is 25.2 Å². The largest absolute Gasteiger partial charge is 0.355 e. The van der Waals surface area contributed by atoms with Gasteiger partial charge in [-0.05, 0) is 18.2 Å². The molecule has 2 fully saturated rings. The van der Waals surface area contributed by atoms with Crippen LogP contribution in [0.25, 0.3) is 11.1 Å². The number of pyridine rings is 2. The molecular weight excluding hydrogens is 509 g/mol. The Labute approximate surface area is 213 Å². The average molecular weight is 529 g/mol. The molecule has 1 aliphatic carbocycles. The molecule has 3 aromatic rings. The number of alkyl halides is 4. The zero-order valence-corrected chi connectivity index (χ0v) is 19.7. The number of benzene rings is 1. The number of hydrogen-bond acceptors (Lipinski definition) is 5. The van der Waals surface area contributed by atoms with Gasteiger partial charge in [0.1, 0.15) is 12.4 Å². The van der Waals surface area contributed by atoms with Crippen LogP contribution in [0.15, 0.2) is 48.7 Å². The van der Waals surface area contributed by atoms with E-state index < -0.39 is 42.1 Å². The molecule has 1 N–H and O–H groups in total. The van der Waals surface area contributed by atoms with Gasteiger partial charge in [-0.2, -0.15) is 4.39 Å². The molecule has 0 bridgehead atoms. The third-order valence-electron chi connectivity index (χ3n) is 7.28. The summed E-state index contributed by atoms with van der Waals surface area (Å²) in [5.41, 5.74) is -0.407. The Bertz CT molecular complexity index is 1460. The molecule has 1 saturated heterocycles. The number of nitrogens with one attached hydrogen (secondary N) is 1. The van der Waals surface area contributed by atoms with Crippen molar-refractivity contribution in [1.29, 1.82) is 0 Å². The minimum absolute atomic E-state index is 0.00636. The summed E-state index contributed by atoms with van der Waals surface area (Å²) in [7, 11) is 0. The van der Waals surface area contributed by atoms with Crippen LogP contribution >= 0.6 is 0 Å². The number of amides is 2. The quantitative estimate of drug-likeness (QED) is 0.387. The zero-order valence-electron chi connectivity index (χ0n) is 19.7. The van der Waals surface area contributed by atoms with Crippen LogP contribution in [-0.2, 0) is 16.0 Å². The molecular formula is C26H20F5N5O2. The molecule has 12 heteroatoms. The van der Waals surface area contributed by atoms with Crippen molar-refractivity contribution in [2.75, 3.05) is 34.8 Å². The smallest absolute Gasteiger partial charge is 0.263 e. The van der Waals surface area contributed by atoms with Crippen molar-refractivity contribution >= 4 is 29.0 Å². The van der Waals surface area contributed by atoms with Gasteiger partial charge in [-0.1, -0.05) is 18.2 Å². The van der Waals surface area contributed by atoms with E-state index in [1.807, 2.05) is 0 Å². The first-order valence-electron chi connectivity index (χ1n) is 11.8. The normalized spacial score (nSPS) is 18.5. The molecule has 196 valence electrons. The molecule has 1 saturated carbocycles. The number of hydrogen-bond donors (Lipinski definition) is 1. The minimum Gasteiger partial charge on any atom is -0.355 e. The summed E-state index contributed by atoms with van der Waals surface area (Å²) in [6.07, 6.45) is -1.64. The van der Waals surface area contributed by atoms with Crippen LogP contribution in [0.3, 0.4) is 0 Å². The first-order chi connectivity index (χ1) is 18.1. The van der Waals surface area contributed by atoms with Crippen LogP contribution < -0.4 is 15.1 Å². The van der Waals surface area contributed by atoms with Gasteiger partial charge in [0.05, 0.1) is 28.8 Å². The van der Waals surface area contributed by atoms with E-state index in [9.17, 15) is 27.2 Å². The minimum atomic E-state index is -2.76. The van der Waals surface area contributed by atoms with Crippen molar-refractivity contribution < 1.29 is 31.5 Å². The molecule has 3 aliphatic rings. The maximum atomic E-state index is 15.5. The van der Waals surface area contributed by atoms with Crippen molar-refractivity contribution in [3.63, 3.8) is 0 Å². The molecule has 0 atom stereocenters. The molecule has 0 unspecified atom stereocenters. The van der Waals surface area contributed by atoms with Crippen molar-refractivity contribution in [3.05, 3.63) is 65.9 Å². The SMILES string of the molecule is O=C(CN1C(=O)Cc2ncccc2-c2c1cc(N1CC3(C1)CC3(F)F)nc2F)Nc1ccc(C(F)F)cc1. The maximum absolute atomic E-state index is 15.5. The van der Waals surface area contributed by atoms with Crippen LogP contribution in [0, 0.1) is 11.4 Å². The second kappa shape index (κ2) is 8.47. The molecule has 4 heterocycles. The lowest BCUT2D eigenvalue weighted by atomic mass is 9.95. The summed E-state index contributed by atoms with van der Waals surface area (Å²) in [4.78, 5) is 37.0. The van der Waals surface area contributed by atoms with Crippen LogP contribution in [0.2, 0.25) is 0 Å². The van der Waals surface area contributed by atoms with Crippen LogP contribution in [0.1, 0.15) is 24.1 Å². The molecule has 7 nitrogen and oxygen atoms in total. The number of fused-ring (bicyclic) bond motifs is 3. The Morgan fingerprint density at radius 1 is 1.13 bits per heavy atom. The van der Waals surface area contributed by atoms with Gasteiger partial charge in [0.15, 0.2) is 0 Å². The fourth-order valence-corrected chi connectivity index (χ4v) is 5.09. The lowest BCUT2D eigenvalue weighted by molar-refractivity contribution is -0.121. The fraction of sp³-hybridized carbons (Fsp3) is 0.308. The molecule has 2 aromatic heterocycles. The van der Waals surface area contributed by atoms with Crippen molar-refractivity contribution in [3.8, 4) is 11.1 Å². The number of anilines is 3. The van der Waals surface area contributed by atoms with E-state index in [2.05, 4.69) is 15.3 Å². The summed E-state index contributed by atoms with van der Waals surface area (Å²) in [6, 6.07) is 9.57. The molecule has 1 aromatic carbocycles. The van der Waals surface area contributed by atoms with Gasteiger partial charge < -0.3 is 15.1 Å². The number of nitrogens with zero attached hydrogens (tertiary/aromatic N) is 4. The van der Waals surface area contributed by atoms with E-state index in [0.29, 0.717) is 11.3 Å². The zero-order chi connectivity index (χ0) is 26.8. The van der Waals surface area contributed by atoms with E-state index in [-0.39, 0.29) is 54.3 Å². The average Bonchev–Trinajstić information content (AvgIpc) is 3.46. The van der Waals surface area contributed by atoms with E-state index in [1.54, 1.807) is 12.1 Å². The van der Waals surface area contributed by atoms with Crippen LogP contribution in [-0.4, -0.2) is 47.3 Å². The lowest BCUT2D eigenvalue weighted by Gasteiger charge is -2.41. The first kappa shape index (κ1) is 24.3. The molecule has 1 spiro atoms. The van der Waals surface area contributed by atoms with Crippen molar-refractivity contribution in [2.24, 2.45) is 5.41 Å². The summed E-state index contributed by atoms with van der Waals surface area (Å²) in [5, 5.41) is 2.55. The highest BCUT2D eigenvalue weighted by molar-refractivity contribution is 6.07. The predicted octanol–water partition coefficient (Wildman–Crippen LogP) is 4.59. The molecule has 6 rings (SSSR count). The molecule has 2 aliphatic heterocycles. The number of halogens is 5. The summed E-state index contributed by atoms with van der Waals surface area (Å²) >= 11 is 0. The van der Waals surface area contributed by atoms with Gasteiger partial charge in [0, 0.05) is 48.6 Å². The highest BCUT2D eigenvalue weighted by Gasteiger charge is 2.76. The highest BCUT2D eigenvalue weighted by atomic mass is 19.3. The van der Waals surface area contributed by atoms with Crippen LogP contribution in [0.5, 0.6) is 0 Å². The topological polar surface area (TPSA) is 78.4 Å². The molecule has 2 amide bonds. The van der Waals surface area contributed by atoms with Gasteiger partial charge in [0.2, 0.25) is 17.8 Å². The van der Waals surface area contributed by atoms with Gasteiger partial charge in [-0.25, -0.2) is 22.5 Å². The summed E-state index contributed by atoms with van der Waals surface area (Å²) in [6.45, 7) is -0.500. The van der Waals surface area contributed by atoms with E-state index in [4.69, 9.17) is 0 Å². The van der Waals surface area contributed by atoms with E-state index in [1.165, 1.54) is 41.4 Å². The van der Waals surface area contributed by atoms with E-state index in [0.717, 1.165) is 4.90 Å². The second-order valence-electron chi connectivity index (χ2n) is 9.81. The summed E-state index contributed by atoms with van der Waals surface area (Å²) in [5.74, 6) is -4.77. The van der Waals surface area contributed by atoms with Gasteiger partial charge in [0.25, 0.3) is 12.3 Å². The molecule has 0 radical (unpaired) electrons. The Kier molecular flexibility index (Phi) is 5.41. The third-order valence-corrected chi connectivity index (χ3v) is 7.28. The number of carbonyl (C=O) groups is 2. The maximum Gasteiger partial charge on any atom is 0.263 e. The van der Waals surface area contributed by atoms with Gasteiger partial charge in [-0.3, -0.25) is 14.6 Å².